The van der Waals surface area contributed by atoms with Gasteiger partial charge in [0.1, 0.15) is 11.5 Å². The lowest BCUT2D eigenvalue weighted by molar-refractivity contribution is 0.415. The molecule has 0 saturated carbocycles. The number of hydrogen-bond acceptors (Lipinski definition) is 2. The van der Waals surface area contributed by atoms with E-state index in [4.69, 9.17) is 4.74 Å². The van der Waals surface area contributed by atoms with E-state index in [0.29, 0.717) is 0 Å². The van der Waals surface area contributed by atoms with Crippen molar-refractivity contribution in [2.24, 2.45) is 0 Å². The number of methoxy groups -OCH3 is 1. The Morgan fingerprint density at radius 1 is 0.667 bits per heavy atom. The fraction of sp³-hybridized carbons (Fsp3) is 0.0526. The maximum atomic E-state index is 9.99. The van der Waals surface area contributed by atoms with Crippen molar-refractivity contribution < 1.29 is 9.84 Å². The van der Waals surface area contributed by atoms with Gasteiger partial charge in [-0.05, 0) is 52.6 Å². The van der Waals surface area contributed by atoms with Crippen LogP contribution in [0.3, 0.4) is 0 Å². The number of ether oxygens (including phenoxy) is 1. The Morgan fingerprint density at radius 3 is 1.81 bits per heavy atom. The van der Waals surface area contributed by atoms with Crippen molar-refractivity contribution in [3.8, 4) is 33.8 Å². The Labute approximate surface area is 124 Å². The minimum Gasteiger partial charge on any atom is -0.508 e. The van der Waals surface area contributed by atoms with Gasteiger partial charge in [0, 0.05) is 0 Å². The summed E-state index contributed by atoms with van der Waals surface area (Å²) < 4.78 is 5.17. The second kappa shape index (κ2) is 5.71. The smallest absolute Gasteiger partial charge is 0.118 e. The van der Waals surface area contributed by atoms with Crippen LogP contribution >= 0.6 is 0 Å². The Hall–Kier alpha value is -2.74. The summed E-state index contributed by atoms with van der Waals surface area (Å²) in [5, 5.41) is 9.99. The summed E-state index contributed by atoms with van der Waals surface area (Å²) in [6, 6.07) is 23.5. The van der Waals surface area contributed by atoms with Crippen LogP contribution in [0.15, 0.2) is 72.8 Å². The topological polar surface area (TPSA) is 29.5 Å². The Bertz CT molecular complexity index is 731. The molecule has 3 aromatic carbocycles. The first kappa shape index (κ1) is 13.3. The largest absolute Gasteiger partial charge is 0.508 e. The second-order valence-electron chi connectivity index (χ2n) is 4.86. The molecule has 0 saturated heterocycles. The van der Waals surface area contributed by atoms with Crippen LogP contribution in [0.25, 0.3) is 22.3 Å². The number of phenolic OH excluding ortho intramolecular Hbond substituents is 1. The molecule has 3 rings (SSSR count). The Morgan fingerprint density at radius 2 is 1.24 bits per heavy atom. The fourth-order valence-electron chi connectivity index (χ4n) is 2.36. The van der Waals surface area contributed by atoms with Crippen molar-refractivity contribution >= 4 is 0 Å². The van der Waals surface area contributed by atoms with Crippen molar-refractivity contribution in [1.29, 1.82) is 0 Å². The van der Waals surface area contributed by atoms with Gasteiger partial charge in [-0.2, -0.15) is 0 Å². The molecule has 3 aromatic rings. The monoisotopic (exact) mass is 276 g/mol. The first-order valence-corrected chi connectivity index (χ1v) is 6.80. The lowest BCUT2D eigenvalue weighted by Gasteiger charge is -2.08. The van der Waals surface area contributed by atoms with Crippen LogP contribution in [0.1, 0.15) is 0 Å². The summed E-state index contributed by atoms with van der Waals surface area (Å²) in [5.41, 5.74) is 4.12. The van der Waals surface area contributed by atoms with Gasteiger partial charge in [0.05, 0.1) is 7.11 Å². The number of phenols is 1. The van der Waals surface area contributed by atoms with Gasteiger partial charge < -0.3 is 9.84 Å². The molecule has 2 nitrogen and oxygen atoms in total. The van der Waals surface area contributed by atoms with Gasteiger partial charge >= 0.3 is 0 Å². The van der Waals surface area contributed by atoms with Crippen LogP contribution in [-0.2, 0) is 0 Å². The van der Waals surface area contributed by atoms with Crippen molar-refractivity contribution in [1.82, 2.24) is 0 Å². The maximum absolute atomic E-state index is 9.99. The highest BCUT2D eigenvalue weighted by atomic mass is 16.5. The fourth-order valence-corrected chi connectivity index (χ4v) is 2.36. The molecule has 0 atom stereocenters. The predicted molar refractivity (Wildman–Crippen MR) is 85.5 cm³/mol. The van der Waals surface area contributed by atoms with E-state index in [-0.39, 0.29) is 5.75 Å². The van der Waals surface area contributed by atoms with Gasteiger partial charge in [0.15, 0.2) is 0 Å². The van der Waals surface area contributed by atoms with E-state index < -0.39 is 0 Å². The van der Waals surface area contributed by atoms with Crippen molar-refractivity contribution in [3.05, 3.63) is 72.8 Å². The van der Waals surface area contributed by atoms with E-state index in [1.165, 1.54) is 0 Å². The van der Waals surface area contributed by atoms with Gasteiger partial charge in [-0.1, -0.05) is 42.5 Å². The van der Waals surface area contributed by atoms with E-state index in [9.17, 15) is 5.11 Å². The Kier molecular flexibility index (Phi) is 3.61. The lowest BCUT2D eigenvalue weighted by atomic mass is 9.98. The molecule has 0 radical (unpaired) electrons. The molecule has 0 aromatic heterocycles. The van der Waals surface area contributed by atoms with Crippen LogP contribution in [0.2, 0.25) is 0 Å². The zero-order valence-corrected chi connectivity index (χ0v) is 11.8. The average molecular weight is 276 g/mol. The molecule has 0 bridgehead atoms. The van der Waals surface area contributed by atoms with Crippen molar-refractivity contribution in [3.63, 3.8) is 0 Å². The number of aromatic hydroxyl groups is 1. The number of hydrogen-bond donors (Lipinski definition) is 1. The average Bonchev–Trinajstić information content (AvgIpc) is 2.55. The normalized spacial score (nSPS) is 10.3. The molecule has 0 spiro atoms. The molecule has 0 amide bonds. The molecule has 0 aliphatic heterocycles. The van der Waals surface area contributed by atoms with Gasteiger partial charge in [0.2, 0.25) is 0 Å². The predicted octanol–water partition coefficient (Wildman–Crippen LogP) is 4.73. The second-order valence-corrected chi connectivity index (χ2v) is 4.86. The highest BCUT2D eigenvalue weighted by molar-refractivity contribution is 5.75. The van der Waals surface area contributed by atoms with Crippen LogP contribution in [-0.4, -0.2) is 12.2 Å². The summed E-state index contributed by atoms with van der Waals surface area (Å²) in [6.07, 6.45) is 0. The molecule has 0 fully saturated rings. The summed E-state index contributed by atoms with van der Waals surface area (Å²) in [5.74, 6) is 1.09. The molecule has 0 heterocycles. The molecule has 0 unspecified atom stereocenters. The zero-order valence-electron chi connectivity index (χ0n) is 11.8. The Balaban J connectivity index is 2.05. The van der Waals surface area contributed by atoms with Crippen LogP contribution < -0.4 is 4.74 Å². The van der Waals surface area contributed by atoms with Crippen LogP contribution in [0.4, 0.5) is 0 Å². The van der Waals surface area contributed by atoms with E-state index in [1.54, 1.807) is 19.2 Å². The summed E-state index contributed by atoms with van der Waals surface area (Å²) >= 11 is 0. The highest BCUT2D eigenvalue weighted by Crippen LogP contribution is 2.31. The molecule has 21 heavy (non-hydrogen) atoms. The number of rotatable bonds is 3. The molecule has 1 N–H and O–H groups in total. The van der Waals surface area contributed by atoms with Gasteiger partial charge in [-0.25, -0.2) is 0 Å². The van der Waals surface area contributed by atoms with Crippen LogP contribution in [0.5, 0.6) is 11.5 Å². The minimum absolute atomic E-state index is 0.266. The molecular formula is C19H16O2. The first-order valence-electron chi connectivity index (χ1n) is 6.80. The standard InChI is InChI=1S/C19H16O2/c1-21-19-9-7-15(8-10-19)17-11-16(12-18(20)13-17)14-5-3-2-4-6-14/h2-13,20H,1H3. The van der Waals surface area contributed by atoms with Crippen molar-refractivity contribution in [2.75, 3.05) is 7.11 Å². The lowest BCUT2D eigenvalue weighted by Crippen LogP contribution is -1.84. The quantitative estimate of drug-likeness (QED) is 0.749. The molecule has 0 aliphatic carbocycles. The summed E-state index contributed by atoms with van der Waals surface area (Å²) in [4.78, 5) is 0. The highest BCUT2D eigenvalue weighted by Gasteiger charge is 2.05. The van der Waals surface area contributed by atoms with E-state index in [0.717, 1.165) is 28.0 Å². The maximum Gasteiger partial charge on any atom is 0.118 e. The third-order valence-electron chi connectivity index (χ3n) is 3.45. The van der Waals surface area contributed by atoms with E-state index in [1.807, 2.05) is 54.6 Å². The van der Waals surface area contributed by atoms with Crippen molar-refractivity contribution in [2.45, 2.75) is 0 Å². The first-order chi connectivity index (χ1) is 10.3. The molecule has 104 valence electrons. The van der Waals surface area contributed by atoms with Gasteiger partial charge in [0.25, 0.3) is 0 Å². The third-order valence-corrected chi connectivity index (χ3v) is 3.45. The third kappa shape index (κ3) is 2.90. The van der Waals surface area contributed by atoms with E-state index >= 15 is 0 Å². The van der Waals surface area contributed by atoms with Crippen LogP contribution in [0, 0.1) is 0 Å². The summed E-state index contributed by atoms with van der Waals surface area (Å²) in [6.45, 7) is 0. The molecule has 0 aliphatic rings. The van der Waals surface area contributed by atoms with Gasteiger partial charge in [-0.3, -0.25) is 0 Å². The minimum atomic E-state index is 0.266. The number of benzene rings is 3. The molecular weight excluding hydrogens is 260 g/mol. The molecule has 2 heteroatoms. The zero-order chi connectivity index (χ0) is 14.7. The van der Waals surface area contributed by atoms with Gasteiger partial charge in [-0.15, -0.1) is 0 Å². The summed E-state index contributed by atoms with van der Waals surface area (Å²) in [7, 11) is 1.65. The SMILES string of the molecule is COc1ccc(-c2cc(O)cc(-c3ccccc3)c2)cc1. The van der Waals surface area contributed by atoms with E-state index in [2.05, 4.69) is 6.07 Å².